The van der Waals surface area contributed by atoms with E-state index < -0.39 is 20.8 Å². The molecule has 112 valence electrons. The third kappa shape index (κ3) is 4.94. The maximum atomic E-state index is 12.0. The number of hydrogen-bond donors (Lipinski definition) is 2. The molecule has 0 bridgehead atoms. The van der Waals surface area contributed by atoms with Gasteiger partial charge in [0.05, 0.1) is 4.90 Å². The molecule has 0 heterocycles. The van der Waals surface area contributed by atoms with Crippen LogP contribution in [0.2, 0.25) is 0 Å². The van der Waals surface area contributed by atoms with Gasteiger partial charge < -0.3 is 5.32 Å². The van der Waals surface area contributed by atoms with Crippen LogP contribution in [0, 0.1) is 0 Å². The quantitative estimate of drug-likeness (QED) is 0.782. The van der Waals surface area contributed by atoms with Crippen molar-refractivity contribution in [2.24, 2.45) is 0 Å². The van der Waals surface area contributed by atoms with E-state index >= 15 is 0 Å². The highest BCUT2D eigenvalue weighted by atomic mass is 35.5. The lowest BCUT2D eigenvalue weighted by Crippen LogP contribution is -2.31. The molecule has 1 rings (SSSR count). The largest absolute Gasteiger partial charge is 0.324 e. The molecule has 0 saturated heterocycles. The van der Waals surface area contributed by atoms with Crippen LogP contribution in [0.1, 0.15) is 20.3 Å². The summed E-state index contributed by atoms with van der Waals surface area (Å²) < 4.78 is 26.5. The van der Waals surface area contributed by atoms with Gasteiger partial charge in [-0.25, -0.2) is 13.1 Å². The molecule has 5 nitrogen and oxygen atoms in total. The normalized spacial score (nSPS) is 13.2. The summed E-state index contributed by atoms with van der Waals surface area (Å²) in [5.74, 6) is -0.568. The van der Waals surface area contributed by atoms with Gasteiger partial charge in [0.25, 0.3) is 5.91 Å². The summed E-state index contributed by atoms with van der Waals surface area (Å²) in [7, 11) is -3.55. The van der Waals surface area contributed by atoms with Crippen LogP contribution in [0.25, 0.3) is 0 Å². The third-order valence-electron chi connectivity index (χ3n) is 2.60. The topological polar surface area (TPSA) is 75.3 Å². The molecule has 1 aromatic carbocycles. The van der Waals surface area contributed by atoms with Crippen LogP contribution in [0.4, 0.5) is 5.69 Å². The summed E-state index contributed by atoms with van der Waals surface area (Å²) in [6, 6.07) is 5.60. The van der Waals surface area contributed by atoms with E-state index in [0.717, 1.165) is 0 Å². The molecular formula is C12H16Cl2N2O3S. The summed E-state index contributed by atoms with van der Waals surface area (Å²) >= 11 is 10.8. The molecule has 0 aliphatic rings. The predicted octanol–water partition coefficient (Wildman–Crippen LogP) is 2.51. The monoisotopic (exact) mass is 338 g/mol. The van der Waals surface area contributed by atoms with Gasteiger partial charge in [0.2, 0.25) is 10.0 Å². The Hall–Kier alpha value is -0.820. The fraction of sp³-hybridized carbons (Fsp3) is 0.417. The Bertz CT molecular complexity index is 559. The molecule has 8 heteroatoms. The average Bonchev–Trinajstić information content (AvgIpc) is 2.38. The van der Waals surface area contributed by atoms with Gasteiger partial charge in [-0.2, -0.15) is 0 Å². The number of benzene rings is 1. The molecule has 0 spiro atoms. The number of nitrogens with one attached hydrogen (secondary N) is 2. The van der Waals surface area contributed by atoms with E-state index in [4.69, 9.17) is 23.2 Å². The van der Waals surface area contributed by atoms with Crippen molar-refractivity contribution >= 4 is 44.8 Å². The third-order valence-corrected chi connectivity index (χ3v) is 4.60. The second kappa shape index (κ2) is 7.26. The number of carbonyl (C=O) groups is 1. The van der Waals surface area contributed by atoms with E-state index in [0.29, 0.717) is 12.1 Å². The van der Waals surface area contributed by atoms with Crippen molar-refractivity contribution in [3.63, 3.8) is 0 Å². The van der Waals surface area contributed by atoms with E-state index in [1.807, 2.05) is 6.92 Å². The van der Waals surface area contributed by atoms with Crippen LogP contribution in [0.5, 0.6) is 0 Å². The Balaban J connectivity index is 2.83. The molecule has 1 atom stereocenters. The van der Waals surface area contributed by atoms with E-state index in [1.54, 1.807) is 6.92 Å². The number of sulfonamides is 1. The Morgan fingerprint density at radius 3 is 2.25 bits per heavy atom. The van der Waals surface area contributed by atoms with Crippen molar-refractivity contribution in [2.45, 2.75) is 36.0 Å². The lowest BCUT2D eigenvalue weighted by Gasteiger charge is -2.12. The minimum atomic E-state index is -3.55. The molecule has 20 heavy (non-hydrogen) atoms. The fourth-order valence-electron chi connectivity index (χ4n) is 1.33. The number of anilines is 1. The molecule has 0 aliphatic heterocycles. The molecular weight excluding hydrogens is 323 g/mol. The zero-order valence-corrected chi connectivity index (χ0v) is 13.4. The van der Waals surface area contributed by atoms with E-state index in [-0.39, 0.29) is 10.9 Å². The Kier molecular flexibility index (Phi) is 6.26. The number of rotatable bonds is 6. The molecule has 0 saturated carbocycles. The fourth-order valence-corrected chi connectivity index (χ4v) is 2.77. The first-order valence-corrected chi connectivity index (χ1v) is 8.33. The summed E-state index contributed by atoms with van der Waals surface area (Å²) in [5, 5.41) is 2.45. The lowest BCUT2D eigenvalue weighted by atomic mass is 10.3. The highest BCUT2D eigenvalue weighted by Crippen LogP contribution is 2.16. The van der Waals surface area contributed by atoms with E-state index in [2.05, 4.69) is 10.0 Å². The van der Waals surface area contributed by atoms with Gasteiger partial charge in [0, 0.05) is 11.7 Å². The first-order valence-electron chi connectivity index (χ1n) is 5.97. The van der Waals surface area contributed by atoms with Crippen LogP contribution in [0.15, 0.2) is 29.2 Å². The van der Waals surface area contributed by atoms with Crippen LogP contribution in [-0.4, -0.2) is 25.2 Å². The van der Waals surface area contributed by atoms with Crippen molar-refractivity contribution < 1.29 is 13.2 Å². The number of carbonyl (C=O) groups excluding carboxylic acids is 1. The van der Waals surface area contributed by atoms with E-state index in [9.17, 15) is 13.2 Å². The van der Waals surface area contributed by atoms with Gasteiger partial charge in [0.15, 0.2) is 4.84 Å². The number of alkyl halides is 2. The van der Waals surface area contributed by atoms with Crippen molar-refractivity contribution in [2.75, 3.05) is 5.32 Å². The number of halogens is 2. The molecule has 2 N–H and O–H groups in total. The minimum Gasteiger partial charge on any atom is -0.324 e. The first kappa shape index (κ1) is 17.2. The number of amides is 1. The standard InChI is InChI=1S/C12H16Cl2N2O3S/c1-3-8(2)16-20(18,19)10-6-4-9(5-7-10)15-12(17)11(13)14/h4-8,11,16H,3H2,1-2H3,(H,15,17)/t8-/m1/s1. The summed E-state index contributed by atoms with van der Waals surface area (Å²) in [6.07, 6.45) is 0.695. The van der Waals surface area contributed by atoms with Crippen molar-refractivity contribution in [1.29, 1.82) is 0 Å². The van der Waals surface area contributed by atoms with Crippen molar-refractivity contribution in [3.05, 3.63) is 24.3 Å². The molecule has 0 radical (unpaired) electrons. The molecule has 0 aromatic heterocycles. The van der Waals surface area contributed by atoms with Gasteiger partial charge >= 0.3 is 0 Å². The molecule has 1 aromatic rings. The highest BCUT2D eigenvalue weighted by Gasteiger charge is 2.17. The van der Waals surface area contributed by atoms with Gasteiger partial charge in [0.1, 0.15) is 0 Å². The maximum Gasteiger partial charge on any atom is 0.257 e. The van der Waals surface area contributed by atoms with Crippen molar-refractivity contribution in [3.8, 4) is 0 Å². The van der Waals surface area contributed by atoms with Gasteiger partial charge in [-0.3, -0.25) is 4.79 Å². The van der Waals surface area contributed by atoms with Gasteiger partial charge in [-0.15, -0.1) is 0 Å². The zero-order valence-electron chi connectivity index (χ0n) is 11.1. The molecule has 0 aliphatic carbocycles. The van der Waals surface area contributed by atoms with Crippen molar-refractivity contribution in [1.82, 2.24) is 4.72 Å². The van der Waals surface area contributed by atoms with Crippen LogP contribution < -0.4 is 10.0 Å². The lowest BCUT2D eigenvalue weighted by molar-refractivity contribution is -0.114. The first-order chi connectivity index (χ1) is 9.26. The smallest absolute Gasteiger partial charge is 0.257 e. The van der Waals surface area contributed by atoms with Crippen LogP contribution in [0.3, 0.4) is 0 Å². The van der Waals surface area contributed by atoms with Crippen LogP contribution >= 0.6 is 23.2 Å². The summed E-state index contributed by atoms with van der Waals surface area (Å²) in [6.45, 7) is 3.67. The maximum absolute atomic E-state index is 12.0. The molecule has 0 fully saturated rings. The minimum absolute atomic E-state index is 0.129. The Morgan fingerprint density at radius 1 is 1.25 bits per heavy atom. The Morgan fingerprint density at radius 2 is 1.80 bits per heavy atom. The van der Waals surface area contributed by atoms with Gasteiger partial charge in [-0.05, 0) is 37.6 Å². The zero-order chi connectivity index (χ0) is 15.3. The van der Waals surface area contributed by atoms with Crippen LogP contribution in [-0.2, 0) is 14.8 Å². The molecule has 1 amide bonds. The summed E-state index contributed by atoms with van der Waals surface area (Å²) in [4.78, 5) is 10.2. The summed E-state index contributed by atoms with van der Waals surface area (Å²) in [5.41, 5.74) is 0.420. The highest BCUT2D eigenvalue weighted by molar-refractivity contribution is 7.89. The Labute approximate surface area is 128 Å². The molecule has 0 unspecified atom stereocenters. The second-order valence-corrected chi connectivity index (χ2v) is 7.06. The van der Waals surface area contributed by atoms with Gasteiger partial charge in [-0.1, -0.05) is 30.1 Å². The van der Waals surface area contributed by atoms with E-state index in [1.165, 1.54) is 24.3 Å². The SMILES string of the molecule is CC[C@@H](C)NS(=O)(=O)c1ccc(NC(=O)C(Cl)Cl)cc1. The second-order valence-electron chi connectivity index (χ2n) is 4.24. The average molecular weight is 339 g/mol. The number of hydrogen-bond acceptors (Lipinski definition) is 3. The predicted molar refractivity (Wildman–Crippen MR) is 80.6 cm³/mol.